The summed E-state index contributed by atoms with van der Waals surface area (Å²) in [6.45, 7) is 2.45. The molecule has 1 rings (SSSR count). The van der Waals surface area contributed by atoms with E-state index >= 15 is 0 Å². The minimum absolute atomic E-state index is 0.470. The van der Waals surface area contributed by atoms with Gasteiger partial charge in [-0.25, -0.2) is 0 Å². The summed E-state index contributed by atoms with van der Waals surface area (Å²) in [4.78, 5) is 0. The highest BCUT2D eigenvalue weighted by Crippen LogP contribution is 2.27. The maximum Gasteiger partial charge on any atom is 0.124 e. The van der Waals surface area contributed by atoms with Gasteiger partial charge in [-0.05, 0) is 32.0 Å². The van der Waals surface area contributed by atoms with Crippen LogP contribution in [0.15, 0.2) is 18.2 Å². The molecule has 0 amide bonds. The van der Waals surface area contributed by atoms with E-state index in [0.717, 1.165) is 16.9 Å². The van der Waals surface area contributed by atoms with Crippen LogP contribution in [0.4, 0.5) is 0 Å². The fourth-order valence-corrected chi connectivity index (χ4v) is 1.43. The van der Waals surface area contributed by atoms with Gasteiger partial charge in [-0.2, -0.15) is 0 Å². The monoisotopic (exact) mass is 195 g/mol. The molecule has 3 nitrogen and oxygen atoms in total. The second-order valence-electron chi connectivity index (χ2n) is 3.34. The average Bonchev–Trinajstić information content (AvgIpc) is 2.18. The van der Waals surface area contributed by atoms with E-state index in [4.69, 9.17) is 10.5 Å². The number of rotatable bonds is 4. The number of aryl methyl sites for hydroxylation is 1. The Morgan fingerprint density at radius 3 is 2.79 bits per heavy atom. The Morgan fingerprint density at radius 2 is 2.21 bits per heavy atom. The van der Waals surface area contributed by atoms with Crippen molar-refractivity contribution in [2.24, 2.45) is 5.73 Å². The molecular formula is C11H17NO2. The molecule has 14 heavy (non-hydrogen) atoms. The number of methoxy groups -OCH3 is 1. The molecule has 0 saturated carbocycles. The Kier molecular flexibility index (Phi) is 3.92. The van der Waals surface area contributed by atoms with E-state index < -0.39 is 6.10 Å². The van der Waals surface area contributed by atoms with Crippen molar-refractivity contribution in [1.29, 1.82) is 0 Å². The van der Waals surface area contributed by atoms with Crippen molar-refractivity contribution in [2.45, 2.75) is 19.4 Å². The van der Waals surface area contributed by atoms with E-state index in [1.807, 2.05) is 25.1 Å². The first-order chi connectivity index (χ1) is 6.69. The molecule has 1 aromatic carbocycles. The molecular weight excluding hydrogens is 178 g/mol. The van der Waals surface area contributed by atoms with Gasteiger partial charge in [0.15, 0.2) is 0 Å². The summed E-state index contributed by atoms with van der Waals surface area (Å²) < 4.78 is 5.17. The molecule has 0 heterocycles. The van der Waals surface area contributed by atoms with Crippen LogP contribution >= 0.6 is 0 Å². The van der Waals surface area contributed by atoms with Crippen molar-refractivity contribution >= 4 is 0 Å². The van der Waals surface area contributed by atoms with Crippen molar-refractivity contribution < 1.29 is 9.84 Å². The molecule has 0 spiro atoms. The maximum atomic E-state index is 9.80. The summed E-state index contributed by atoms with van der Waals surface area (Å²) in [5.74, 6) is 0.719. The number of hydrogen-bond donors (Lipinski definition) is 2. The molecule has 1 aromatic rings. The van der Waals surface area contributed by atoms with Crippen LogP contribution in [0.3, 0.4) is 0 Å². The molecule has 0 saturated heterocycles. The molecule has 0 unspecified atom stereocenters. The highest BCUT2D eigenvalue weighted by Gasteiger charge is 2.12. The van der Waals surface area contributed by atoms with Gasteiger partial charge in [0.2, 0.25) is 0 Å². The van der Waals surface area contributed by atoms with Gasteiger partial charge in [0.1, 0.15) is 5.75 Å². The molecule has 0 aliphatic rings. The first-order valence-corrected chi connectivity index (χ1v) is 4.71. The topological polar surface area (TPSA) is 55.5 Å². The fourth-order valence-electron chi connectivity index (χ4n) is 1.43. The quantitative estimate of drug-likeness (QED) is 0.763. The Morgan fingerprint density at radius 1 is 1.50 bits per heavy atom. The van der Waals surface area contributed by atoms with Crippen LogP contribution < -0.4 is 10.5 Å². The van der Waals surface area contributed by atoms with Crippen LogP contribution in [-0.4, -0.2) is 18.8 Å². The van der Waals surface area contributed by atoms with Gasteiger partial charge < -0.3 is 15.6 Å². The summed E-state index contributed by atoms with van der Waals surface area (Å²) in [6.07, 6.45) is 0.0228. The van der Waals surface area contributed by atoms with Crippen molar-refractivity contribution in [3.63, 3.8) is 0 Å². The molecule has 0 aliphatic heterocycles. The summed E-state index contributed by atoms with van der Waals surface area (Å²) in [6, 6.07) is 5.75. The lowest BCUT2D eigenvalue weighted by molar-refractivity contribution is 0.166. The van der Waals surface area contributed by atoms with Crippen molar-refractivity contribution in [2.75, 3.05) is 13.7 Å². The van der Waals surface area contributed by atoms with Gasteiger partial charge in [-0.1, -0.05) is 11.6 Å². The number of hydrogen-bond acceptors (Lipinski definition) is 3. The third-order valence-electron chi connectivity index (χ3n) is 2.18. The lowest BCUT2D eigenvalue weighted by Gasteiger charge is -2.14. The number of aliphatic hydroxyl groups is 1. The minimum atomic E-state index is -0.533. The SMILES string of the molecule is COc1ccc(C)cc1[C@@H](O)CCN. The Hall–Kier alpha value is -1.06. The minimum Gasteiger partial charge on any atom is -0.496 e. The second kappa shape index (κ2) is 4.98. The van der Waals surface area contributed by atoms with E-state index in [1.54, 1.807) is 7.11 Å². The van der Waals surface area contributed by atoms with Gasteiger partial charge in [-0.3, -0.25) is 0 Å². The summed E-state index contributed by atoms with van der Waals surface area (Å²) in [7, 11) is 1.60. The van der Waals surface area contributed by atoms with E-state index in [2.05, 4.69) is 0 Å². The zero-order chi connectivity index (χ0) is 10.6. The van der Waals surface area contributed by atoms with Crippen LogP contribution in [0.5, 0.6) is 5.75 Å². The van der Waals surface area contributed by atoms with E-state index in [9.17, 15) is 5.11 Å². The molecule has 3 heteroatoms. The first kappa shape index (κ1) is 11.0. The number of benzene rings is 1. The molecule has 0 radical (unpaired) electrons. The first-order valence-electron chi connectivity index (χ1n) is 4.71. The molecule has 0 aliphatic carbocycles. The molecule has 1 atom stereocenters. The summed E-state index contributed by atoms with van der Waals surface area (Å²) in [5, 5.41) is 9.80. The number of nitrogens with two attached hydrogens (primary N) is 1. The summed E-state index contributed by atoms with van der Waals surface area (Å²) in [5.41, 5.74) is 7.32. The lowest BCUT2D eigenvalue weighted by Crippen LogP contribution is -2.08. The fraction of sp³-hybridized carbons (Fsp3) is 0.455. The lowest BCUT2D eigenvalue weighted by atomic mass is 10.0. The van der Waals surface area contributed by atoms with E-state index in [-0.39, 0.29) is 0 Å². The van der Waals surface area contributed by atoms with Gasteiger partial charge in [0.25, 0.3) is 0 Å². The number of ether oxygens (including phenoxy) is 1. The maximum absolute atomic E-state index is 9.80. The van der Waals surface area contributed by atoms with E-state index in [0.29, 0.717) is 13.0 Å². The molecule has 3 N–H and O–H groups in total. The Balaban J connectivity index is 2.97. The van der Waals surface area contributed by atoms with Crippen molar-refractivity contribution in [3.05, 3.63) is 29.3 Å². The third kappa shape index (κ3) is 2.47. The van der Waals surface area contributed by atoms with Crippen LogP contribution in [0.2, 0.25) is 0 Å². The zero-order valence-electron chi connectivity index (χ0n) is 8.66. The standard InChI is InChI=1S/C11H17NO2/c1-8-3-4-11(14-2)9(7-8)10(13)5-6-12/h3-4,7,10,13H,5-6,12H2,1-2H3/t10-/m0/s1. The summed E-state index contributed by atoms with van der Waals surface area (Å²) >= 11 is 0. The molecule has 0 fully saturated rings. The van der Waals surface area contributed by atoms with Crippen molar-refractivity contribution in [3.8, 4) is 5.75 Å². The highest BCUT2D eigenvalue weighted by atomic mass is 16.5. The second-order valence-corrected chi connectivity index (χ2v) is 3.34. The zero-order valence-corrected chi connectivity index (χ0v) is 8.66. The van der Waals surface area contributed by atoms with Crippen molar-refractivity contribution in [1.82, 2.24) is 0 Å². The molecule has 78 valence electrons. The van der Waals surface area contributed by atoms with Gasteiger partial charge in [0.05, 0.1) is 13.2 Å². The third-order valence-corrected chi connectivity index (χ3v) is 2.18. The molecule has 0 bridgehead atoms. The van der Waals surface area contributed by atoms with Gasteiger partial charge in [-0.15, -0.1) is 0 Å². The van der Waals surface area contributed by atoms with Crippen LogP contribution in [-0.2, 0) is 0 Å². The normalized spacial score (nSPS) is 12.6. The predicted molar refractivity (Wildman–Crippen MR) is 56.4 cm³/mol. The van der Waals surface area contributed by atoms with E-state index in [1.165, 1.54) is 0 Å². The van der Waals surface area contributed by atoms with Crippen LogP contribution in [0.25, 0.3) is 0 Å². The largest absolute Gasteiger partial charge is 0.496 e. The smallest absolute Gasteiger partial charge is 0.124 e. The number of aliphatic hydroxyl groups excluding tert-OH is 1. The molecule has 0 aromatic heterocycles. The van der Waals surface area contributed by atoms with Gasteiger partial charge in [0, 0.05) is 5.56 Å². The van der Waals surface area contributed by atoms with Crippen LogP contribution in [0, 0.1) is 6.92 Å². The Bertz CT molecular complexity index is 299. The van der Waals surface area contributed by atoms with Crippen LogP contribution in [0.1, 0.15) is 23.7 Å². The average molecular weight is 195 g/mol. The Labute approximate surface area is 84.5 Å². The van der Waals surface area contributed by atoms with Gasteiger partial charge >= 0.3 is 0 Å². The highest BCUT2D eigenvalue weighted by molar-refractivity contribution is 5.38. The predicted octanol–water partition coefficient (Wildman–Crippen LogP) is 1.39.